The Labute approximate surface area is 324 Å². The highest BCUT2D eigenvalue weighted by molar-refractivity contribution is 5.80. The first-order chi connectivity index (χ1) is 25.8. The van der Waals surface area contributed by atoms with Crippen molar-refractivity contribution in [3.05, 3.63) is 0 Å². The van der Waals surface area contributed by atoms with Gasteiger partial charge in [0.05, 0.1) is 25.4 Å². The van der Waals surface area contributed by atoms with Crippen molar-refractivity contribution in [2.24, 2.45) is 0 Å². The Hall–Kier alpha value is -0.850. The molecule has 0 spiro atoms. The Balaban J connectivity index is 2.41. The second-order valence-electron chi connectivity index (χ2n) is 16.0. The second-order valence-corrected chi connectivity index (χ2v) is 16.0. The summed E-state index contributed by atoms with van der Waals surface area (Å²) in [6.07, 6.45) is 25.7. The molecule has 316 valence electrons. The summed E-state index contributed by atoms with van der Waals surface area (Å²) in [5.41, 5.74) is 0. The van der Waals surface area contributed by atoms with Crippen molar-refractivity contribution in [2.75, 3.05) is 13.2 Å². The smallest absolute Gasteiger partial charge is 0.249 e. The molecule has 1 aliphatic rings. The van der Waals surface area contributed by atoms with Gasteiger partial charge in [-0.25, -0.2) is 0 Å². The maximum atomic E-state index is 13.0. The monoisotopic (exact) mass is 760 g/mol. The number of aliphatic hydroxyl groups excluding tert-OH is 6. The number of ether oxygens (including phenoxy) is 2. The van der Waals surface area contributed by atoms with Crippen molar-refractivity contribution in [3.63, 3.8) is 0 Å². The minimum absolute atomic E-state index is 0.250. The van der Waals surface area contributed by atoms with E-state index in [2.05, 4.69) is 19.2 Å². The minimum Gasteiger partial charge on any atom is -0.394 e. The van der Waals surface area contributed by atoms with Crippen LogP contribution in [0.5, 0.6) is 0 Å². The van der Waals surface area contributed by atoms with E-state index < -0.39 is 61.5 Å². The maximum absolute atomic E-state index is 13.0. The van der Waals surface area contributed by atoms with Crippen molar-refractivity contribution >= 4 is 5.91 Å². The number of amides is 1. The molecule has 0 radical (unpaired) electrons. The molecule has 10 heteroatoms. The largest absolute Gasteiger partial charge is 0.394 e. The van der Waals surface area contributed by atoms with Gasteiger partial charge in [0.25, 0.3) is 0 Å². The van der Waals surface area contributed by atoms with Crippen LogP contribution in [0.4, 0.5) is 0 Å². The van der Waals surface area contributed by atoms with Crippen molar-refractivity contribution in [2.45, 2.75) is 255 Å². The number of carbonyl (C=O) groups is 1. The number of aliphatic hydroxyl groups is 6. The number of hydrogen-bond donors (Lipinski definition) is 7. The molecular weight excluding hydrogens is 674 g/mol. The lowest BCUT2D eigenvalue weighted by atomic mass is 9.99. The van der Waals surface area contributed by atoms with Gasteiger partial charge in [-0.3, -0.25) is 4.79 Å². The van der Waals surface area contributed by atoms with Gasteiger partial charge >= 0.3 is 0 Å². The molecule has 0 saturated carbocycles. The highest BCUT2D eigenvalue weighted by Gasteiger charge is 2.44. The summed E-state index contributed by atoms with van der Waals surface area (Å²) in [4.78, 5) is 13.0. The SMILES string of the molecule is CCCCCCCCCCCCCCCCCC(O)C(COC1OC(CO)C(O)C(O)C1O)NC(=O)C(O)CCCCCCCCCCCCCCC. The summed E-state index contributed by atoms with van der Waals surface area (Å²) in [5, 5.41) is 64.7. The third-order valence-corrected chi connectivity index (χ3v) is 11.1. The molecule has 53 heavy (non-hydrogen) atoms. The number of unbranched alkanes of at least 4 members (excludes halogenated alkanes) is 26. The van der Waals surface area contributed by atoms with Gasteiger partial charge in [-0.1, -0.05) is 194 Å². The predicted molar refractivity (Wildman–Crippen MR) is 214 cm³/mol. The fourth-order valence-electron chi connectivity index (χ4n) is 7.34. The van der Waals surface area contributed by atoms with Gasteiger partial charge in [-0.2, -0.15) is 0 Å². The van der Waals surface area contributed by atoms with Crippen LogP contribution in [0.3, 0.4) is 0 Å². The van der Waals surface area contributed by atoms with Crippen LogP contribution >= 0.6 is 0 Å². The van der Waals surface area contributed by atoms with Crippen molar-refractivity contribution < 1.29 is 44.9 Å². The molecule has 0 bridgehead atoms. The van der Waals surface area contributed by atoms with Crippen molar-refractivity contribution in [1.82, 2.24) is 5.32 Å². The molecular formula is C43H85NO9. The molecule has 1 amide bonds. The van der Waals surface area contributed by atoms with Gasteiger partial charge in [0.15, 0.2) is 6.29 Å². The summed E-state index contributed by atoms with van der Waals surface area (Å²) in [7, 11) is 0. The first-order valence-corrected chi connectivity index (χ1v) is 22.3. The molecule has 8 unspecified atom stereocenters. The van der Waals surface area contributed by atoms with Crippen molar-refractivity contribution in [3.8, 4) is 0 Å². The van der Waals surface area contributed by atoms with Gasteiger partial charge in [0, 0.05) is 0 Å². The van der Waals surface area contributed by atoms with Crippen LogP contribution in [0.25, 0.3) is 0 Å². The average Bonchev–Trinajstić information content (AvgIpc) is 3.16. The van der Waals surface area contributed by atoms with Crippen LogP contribution < -0.4 is 5.32 Å². The first-order valence-electron chi connectivity index (χ1n) is 22.3. The Morgan fingerprint density at radius 1 is 0.566 bits per heavy atom. The first kappa shape index (κ1) is 50.2. The van der Waals surface area contributed by atoms with Crippen LogP contribution in [0.2, 0.25) is 0 Å². The molecule has 1 aliphatic heterocycles. The average molecular weight is 760 g/mol. The van der Waals surface area contributed by atoms with Crippen LogP contribution in [0.15, 0.2) is 0 Å². The normalized spacial score (nSPS) is 22.2. The molecule has 0 aromatic rings. The highest BCUT2D eigenvalue weighted by atomic mass is 16.7. The third-order valence-electron chi connectivity index (χ3n) is 11.1. The summed E-state index contributed by atoms with van der Waals surface area (Å²) < 4.78 is 11.2. The van der Waals surface area contributed by atoms with E-state index in [1.54, 1.807) is 0 Å². The van der Waals surface area contributed by atoms with Gasteiger partial charge < -0.3 is 45.4 Å². The van der Waals surface area contributed by atoms with Gasteiger partial charge in [0.1, 0.15) is 30.5 Å². The summed E-state index contributed by atoms with van der Waals surface area (Å²) in [6, 6.07) is -0.886. The number of hydrogen-bond acceptors (Lipinski definition) is 9. The van der Waals surface area contributed by atoms with Crippen LogP contribution in [-0.4, -0.2) is 98.7 Å². The lowest BCUT2D eigenvalue weighted by Gasteiger charge is -2.40. The maximum Gasteiger partial charge on any atom is 0.249 e. The fraction of sp³-hybridized carbons (Fsp3) is 0.977. The van der Waals surface area contributed by atoms with E-state index in [0.29, 0.717) is 12.8 Å². The standard InChI is InChI=1S/C43H85NO9/c1-3-5-7-9-11-13-15-17-18-20-21-23-25-27-29-31-36(46)35(34-52-43-41(50)40(49)39(48)38(33-45)53-43)44-42(51)37(47)32-30-28-26-24-22-19-16-14-12-10-8-6-4-2/h35-41,43,45-50H,3-34H2,1-2H3,(H,44,51). The van der Waals surface area contributed by atoms with E-state index in [0.717, 1.165) is 38.5 Å². The van der Waals surface area contributed by atoms with Crippen LogP contribution in [0.1, 0.15) is 206 Å². The molecule has 0 aromatic heterocycles. The molecule has 1 heterocycles. The Bertz CT molecular complexity index is 819. The van der Waals surface area contributed by atoms with E-state index >= 15 is 0 Å². The Morgan fingerprint density at radius 3 is 1.34 bits per heavy atom. The summed E-state index contributed by atoms with van der Waals surface area (Å²) >= 11 is 0. The molecule has 0 aromatic carbocycles. The molecule has 8 atom stereocenters. The topological polar surface area (TPSA) is 169 Å². The van der Waals surface area contributed by atoms with Gasteiger partial charge in [-0.05, 0) is 12.8 Å². The van der Waals surface area contributed by atoms with Crippen molar-refractivity contribution in [1.29, 1.82) is 0 Å². The number of carbonyl (C=O) groups excluding carboxylic acids is 1. The molecule has 1 rings (SSSR count). The zero-order chi connectivity index (χ0) is 38.9. The zero-order valence-corrected chi connectivity index (χ0v) is 34.2. The van der Waals surface area contributed by atoms with Crippen LogP contribution in [-0.2, 0) is 14.3 Å². The summed E-state index contributed by atoms with van der Waals surface area (Å²) in [6.45, 7) is 3.66. The predicted octanol–water partition coefficient (Wildman–Crippen LogP) is 7.75. The summed E-state index contributed by atoms with van der Waals surface area (Å²) in [5.74, 6) is -0.582. The van der Waals surface area contributed by atoms with Gasteiger partial charge in [0.2, 0.25) is 5.91 Å². The third kappa shape index (κ3) is 25.1. The lowest BCUT2D eigenvalue weighted by Crippen LogP contribution is -2.60. The highest BCUT2D eigenvalue weighted by Crippen LogP contribution is 2.23. The Kier molecular flexibility index (Phi) is 32.6. The lowest BCUT2D eigenvalue weighted by molar-refractivity contribution is -0.302. The molecule has 1 fully saturated rings. The number of nitrogens with one attached hydrogen (secondary N) is 1. The quantitative estimate of drug-likeness (QED) is 0.0313. The molecule has 10 nitrogen and oxygen atoms in total. The Morgan fingerprint density at radius 2 is 0.943 bits per heavy atom. The van der Waals surface area contributed by atoms with E-state index in [4.69, 9.17) is 9.47 Å². The van der Waals surface area contributed by atoms with E-state index in [1.165, 1.54) is 141 Å². The number of rotatable bonds is 37. The molecule has 0 aliphatic carbocycles. The molecule has 1 saturated heterocycles. The van der Waals surface area contributed by atoms with Crippen LogP contribution in [0, 0.1) is 0 Å². The van der Waals surface area contributed by atoms with E-state index in [9.17, 15) is 35.4 Å². The van der Waals surface area contributed by atoms with E-state index in [-0.39, 0.29) is 6.61 Å². The second kappa shape index (κ2) is 34.4. The fourth-order valence-corrected chi connectivity index (χ4v) is 7.34. The zero-order valence-electron chi connectivity index (χ0n) is 34.2. The van der Waals surface area contributed by atoms with Gasteiger partial charge in [-0.15, -0.1) is 0 Å². The minimum atomic E-state index is -1.59. The molecule has 7 N–H and O–H groups in total. The van der Waals surface area contributed by atoms with E-state index in [1.807, 2.05) is 0 Å².